The smallest absolute Gasteiger partial charge is 0.311 e. The largest absolute Gasteiger partial charge is 0.481 e. The number of hydrogen-bond donors (Lipinski definition) is 1. The number of carbonyl (C=O) groups is 2. The van der Waals surface area contributed by atoms with Crippen LogP contribution in [0.25, 0.3) is 10.8 Å². The van der Waals surface area contributed by atoms with E-state index in [2.05, 4.69) is 20.9 Å². The quantitative estimate of drug-likeness (QED) is 0.337. The van der Waals surface area contributed by atoms with Gasteiger partial charge in [-0.3, -0.25) is 14.6 Å². The van der Waals surface area contributed by atoms with Crippen LogP contribution in [-0.4, -0.2) is 23.3 Å². The van der Waals surface area contributed by atoms with Crippen LogP contribution in [0, 0.1) is 0 Å². The summed E-state index contributed by atoms with van der Waals surface area (Å²) >= 11 is 3.46. The molecule has 0 amide bonds. The molecule has 0 aromatic heterocycles. The molecule has 3 aromatic carbocycles. The van der Waals surface area contributed by atoms with Gasteiger partial charge in [-0.05, 0) is 44.9 Å². The number of benzene rings is 3. The number of rotatable bonds is 6. The minimum absolute atomic E-state index is 0.191. The molecular formula is C21H16BrNO4. The maximum atomic E-state index is 12.0. The zero-order chi connectivity index (χ0) is 19.2. The van der Waals surface area contributed by atoms with E-state index in [1.165, 1.54) is 0 Å². The number of esters is 1. The fourth-order valence-electron chi connectivity index (χ4n) is 2.57. The lowest BCUT2D eigenvalue weighted by Crippen LogP contribution is -2.11. The standard InChI is InChI=1S/C21H16BrNO4/c22-17-7-3-4-8-18(17)23-13-16-15-6-2-1-5-14(15)9-10-19(16)27-21(26)12-11-20(24)25/h1-10,13H,11-12H2,(H,24,25). The Morgan fingerprint density at radius 3 is 2.52 bits per heavy atom. The summed E-state index contributed by atoms with van der Waals surface area (Å²) in [6.45, 7) is 0. The second-order valence-corrected chi connectivity index (χ2v) is 6.63. The van der Waals surface area contributed by atoms with Crippen molar-refractivity contribution in [1.82, 2.24) is 0 Å². The average molecular weight is 426 g/mol. The van der Waals surface area contributed by atoms with Crippen molar-refractivity contribution in [3.05, 3.63) is 70.7 Å². The predicted molar refractivity (Wildman–Crippen MR) is 108 cm³/mol. The van der Waals surface area contributed by atoms with E-state index in [9.17, 15) is 9.59 Å². The summed E-state index contributed by atoms with van der Waals surface area (Å²) in [6, 6.07) is 18.8. The lowest BCUT2D eigenvalue weighted by atomic mass is 10.0. The van der Waals surface area contributed by atoms with Crippen LogP contribution in [0.1, 0.15) is 18.4 Å². The Hall–Kier alpha value is -2.99. The minimum Gasteiger partial charge on any atom is -0.481 e. The third kappa shape index (κ3) is 4.80. The van der Waals surface area contributed by atoms with Crippen molar-refractivity contribution in [2.45, 2.75) is 12.8 Å². The molecule has 0 heterocycles. The summed E-state index contributed by atoms with van der Waals surface area (Å²) in [5.41, 5.74) is 1.40. The maximum absolute atomic E-state index is 12.0. The molecule has 3 aromatic rings. The van der Waals surface area contributed by atoms with Gasteiger partial charge in [-0.25, -0.2) is 0 Å². The summed E-state index contributed by atoms with van der Waals surface area (Å²) in [7, 11) is 0. The van der Waals surface area contributed by atoms with Gasteiger partial charge in [0, 0.05) is 16.3 Å². The zero-order valence-corrected chi connectivity index (χ0v) is 15.8. The molecular weight excluding hydrogens is 410 g/mol. The van der Waals surface area contributed by atoms with E-state index in [-0.39, 0.29) is 12.8 Å². The molecule has 136 valence electrons. The van der Waals surface area contributed by atoms with Crippen molar-refractivity contribution in [3.63, 3.8) is 0 Å². The molecule has 0 fully saturated rings. The molecule has 0 aliphatic rings. The van der Waals surface area contributed by atoms with Gasteiger partial charge in [0.15, 0.2) is 0 Å². The van der Waals surface area contributed by atoms with Gasteiger partial charge in [-0.2, -0.15) is 0 Å². The number of para-hydroxylation sites is 1. The number of carboxylic acids is 1. The highest BCUT2D eigenvalue weighted by molar-refractivity contribution is 9.10. The van der Waals surface area contributed by atoms with Crippen LogP contribution in [0.3, 0.4) is 0 Å². The molecule has 0 unspecified atom stereocenters. The Kier molecular flexibility index (Phi) is 5.98. The molecule has 5 nitrogen and oxygen atoms in total. The molecule has 0 saturated heterocycles. The average Bonchev–Trinajstić information content (AvgIpc) is 2.66. The summed E-state index contributed by atoms with van der Waals surface area (Å²) in [4.78, 5) is 27.2. The van der Waals surface area contributed by atoms with Crippen LogP contribution in [0.5, 0.6) is 5.75 Å². The number of aliphatic imine (C=N–C) groups is 1. The van der Waals surface area contributed by atoms with Crippen LogP contribution in [-0.2, 0) is 9.59 Å². The Bertz CT molecular complexity index is 1030. The van der Waals surface area contributed by atoms with E-state index in [0.717, 1.165) is 20.9 Å². The van der Waals surface area contributed by atoms with E-state index in [1.807, 2.05) is 54.6 Å². The molecule has 0 saturated carbocycles. The van der Waals surface area contributed by atoms with Gasteiger partial charge >= 0.3 is 11.9 Å². The van der Waals surface area contributed by atoms with E-state index in [1.54, 1.807) is 12.3 Å². The first-order chi connectivity index (χ1) is 13.0. The van der Waals surface area contributed by atoms with E-state index in [4.69, 9.17) is 9.84 Å². The number of aliphatic carboxylic acids is 1. The minimum atomic E-state index is -1.04. The Morgan fingerprint density at radius 2 is 1.74 bits per heavy atom. The molecule has 0 aliphatic heterocycles. The molecule has 0 radical (unpaired) electrons. The fourth-order valence-corrected chi connectivity index (χ4v) is 2.96. The van der Waals surface area contributed by atoms with Gasteiger partial charge < -0.3 is 9.84 Å². The van der Waals surface area contributed by atoms with E-state index in [0.29, 0.717) is 11.3 Å². The Labute approximate surface area is 164 Å². The zero-order valence-electron chi connectivity index (χ0n) is 14.3. The van der Waals surface area contributed by atoms with Crippen LogP contribution < -0.4 is 4.74 Å². The Morgan fingerprint density at radius 1 is 1.00 bits per heavy atom. The lowest BCUT2D eigenvalue weighted by molar-refractivity contribution is -0.142. The van der Waals surface area contributed by atoms with Crippen molar-refractivity contribution in [1.29, 1.82) is 0 Å². The number of ether oxygens (including phenoxy) is 1. The monoisotopic (exact) mass is 425 g/mol. The van der Waals surface area contributed by atoms with Gasteiger partial charge in [-0.1, -0.05) is 42.5 Å². The van der Waals surface area contributed by atoms with Crippen LogP contribution in [0.4, 0.5) is 5.69 Å². The highest BCUT2D eigenvalue weighted by atomic mass is 79.9. The first-order valence-corrected chi connectivity index (χ1v) is 9.07. The van der Waals surface area contributed by atoms with Gasteiger partial charge in [0.05, 0.1) is 18.5 Å². The van der Waals surface area contributed by atoms with Crippen molar-refractivity contribution in [2.75, 3.05) is 0 Å². The second kappa shape index (κ2) is 8.60. The second-order valence-electron chi connectivity index (χ2n) is 5.78. The number of halogens is 1. The molecule has 3 rings (SSSR count). The first kappa shape index (κ1) is 18.8. The number of carboxylic acid groups (broad SMARTS) is 1. The van der Waals surface area contributed by atoms with Gasteiger partial charge in [0.2, 0.25) is 0 Å². The summed E-state index contributed by atoms with van der Waals surface area (Å²) in [5, 5.41) is 10.6. The molecule has 0 atom stereocenters. The molecule has 0 spiro atoms. The fraction of sp³-hybridized carbons (Fsp3) is 0.0952. The van der Waals surface area contributed by atoms with Crippen LogP contribution >= 0.6 is 15.9 Å². The number of hydrogen-bond acceptors (Lipinski definition) is 4. The number of carbonyl (C=O) groups excluding carboxylic acids is 1. The third-order valence-electron chi connectivity index (χ3n) is 3.88. The predicted octanol–water partition coefficient (Wildman–Crippen LogP) is 5.12. The SMILES string of the molecule is O=C(O)CCC(=O)Oc1ccc2ccccc2c1C=Nc1ccccc1Br. The van der Waals surface area contributed by atoms with Crippen LogP contribution in [0.15, 0.2) is 70.1 Å². The highest BCUT2D eigenvalue weighted by Crippen LogP contribution is 2.29. The summed E-state index contributed by atoms with van der Waals surface area (Å²) in [6.07, 6.45) is 1.19. The topological polar surface area (TPSA) is 76.0 Å². The van der Waals surface area contributed by atoms with Gasteiger partial charge in [-0.15, -0.1) is 0 Å². The molecule has 0 aliphatic carbocycles. The van der Waals surface area contributed by atoms with Gasteiger partial charge in [0.1, 0.15) is 5.75 Å². The molecule has 6 heteroatoms. The van der Waals surface area contributed by atoms with Crippen molar-refractivity contribution in [2.24, 2.45) is 4.99 Å². The maximum Gasteiger partial charge on any atom is 0.311 e. The summed E-state index contributed by atoms with van der Waals surface area (Å²) in [5.74, 6) is -1.29. The van der Waals surface area contributed by atoms with Crippen molar-refractivity contribution in [3.8, 4) is 5.75 Å². The highest BCUT2D eigenvalue weighted by Gasteiger charge is 2.13. The van der Waals surface area contributed by atoms with Gasteiger partial charge in [0.25, 0.3) is 0 Å². The Balaban J connectivity index is 1.98. The van der Waals surface area contributed by atoms with Crippen LogP contribution in [0.2, 0.25) is 0 Å². The summed E-state index contributed by atoms with van der Waals surface area (Å²) < 4.78 is 6.27. The molecule has 27 heavy (non-hydrogen) atoms. The third-order valence-corrected chi connectivity index (χ3v) is 4.55. The molecule has 0 bridgehead atoms. The first-order valence-electron chi connectivity index (χ1n) is 8.27. The normalized spacial score (nSPS) is 11.0. The van der Waals surface area contributed by atoms with Crippen molar-refractivity contribution < 1.29 is 19.4 Å². The number of nitrogens with zero attached hydrogens (tertiary/aromatic N) is 1. The molecule has 1 N–H and O–H groups in total. The van der Waals surface area contributed by atoms with Crippen molar-refractivity contribution >= 4 is 50.5 Å². The number of fused-ring (bicyclic) bond motifs is 1. The van der Waals surface area contributed by atoms with E-state index < -0.39 is 11.9 Å². The lowest BCUT2D eigenvalue weighted by Gasteiger charge is -2.10. The van der Waals surface area contributed by atoms with E-state index >= 15 is 0 Å².